The number of alkyl halides is 1. The fourth-order valence-electron chi connectivity index (χ4n) is 2.02. The van der Waals surface area contributed by atoms with Crippen LogP contribution in [-0.4, -0.2) is 10.2 Å². The monoisotopic (exact) mass is 280 g/mol. The van der Waals surface area contributed by atoms with Gasteiger partial charge in [0, 0.05) is 5.92 Å². The molecule has 0 aliphatic heterocycles. The Morgan fingerprint density at radius 3 is 2.50 bits per heavy atom. The molecule has 1 atom stereocenters. The van der Waals surface area contributed by atoms with Crippen LogP contribution in [0.1, 0.15) is 39.0 Å². The van der Waals surface area contributed by atoms with Crippen LogP contribution in [0, 0.1) is 11.8 Å². The van der Waals surface area contributed by atoms with Gasteiger partial charge in [-0.15, -0.1) is 0 Å². The molecule has 0 aromatic rings. The van der Waals surface area contributed by atoms with E-state index in [1.54, 1.807) is 0 Å². The number of halogens is 1. The summed E-state index contributed by atoms with van der Waals surface area (Å²) in [5, 5.41) is 0. The molecule has 0 heterocycles. The first kappa shape index (κ1) is 10.5. The van der Waals surface area contributed by atoms with Crippen LogP contribution in [0.4, 0.5) is 0 Å². The first-order valence-corrected chi connectivity index (χ1v) is 6.37. The Morgan fingerprint density at radius 2 is 2.00 bits per heavy atom. The van der Waals surface area contributed by atoms with Gasteiger partial charge in [0.05, 0.1) is 4.43 Å². The summed E-state index contributed by atoms with van der Waals surface area (Å²) in [6, 6.07) is 0. The predicted molar refractivity (Wildman–Crippen MR) is 59.6 cm³/mol. The Balaban J connectivity index is 2.39. The van der Waals surface area contributed by atoms with Gasteiger partial charge in [-0.25, -0.2) is 0 Å². The molecular weight excluding hydrogens is 263 g/mol. The van der Waals surface area contributed by atoms with Gasteiger partial charge in [-0.1, -0.05) is 48.8 Å². The van der Waals surface area contributed by atoms with Crippen LogP contribution >= 0.6 is 22.6 Å². The number of carbonyl (C=O) groups is 1. The van der Waals surface area contributed by atoms with Gasteiger partial charge >= 0.3 is 0 Å². The average molecular weight is 280 g/mol. The Kier molecular flexibility index (Phi) is 4.54. The van der Waals surface area contributed by atoms with Crippen molar-refractivity contribution < 1.29 is 4.79 Å². The van der Waals surface area contributed by atoms with Crippen LogP contribution < -0.4 is 0 Å². The maximum atomic E-state index is 11.4. The zero-order chi connectivity index (χ0) is 8.97. The fraction of sp³-hybridized carbons (Fsp3) is 0.900. The second-order valence-corrected chi connectivity index (χ2v) is 4.55. The van der Waals surface area contributed by atoms with Gasteiger partial charge in [-0.05, 0) is 18.8 Å². The fourth-order valence-corrected chi connectivity index (χ4v) is 2.71. The summed E-state index contributed by atoms with van der Waals surface area (Å²) >= 11 is 2.18. The van der Waals surface area contributed by atoms with Crippen LogP contribution in [0.2, 0.25) is 0 Å². The molecule has 0 aromatic heterocycles. The van der Waals surface area contributed by atoms with Gasteiger partial charge in [-0.3, -0.25) is 4.79 Å². The second kappa shape index (κ2) is 5.20. The lowest BCUT2D eigenvalue weighted by molar-refractivity contribution is -0.121. The molecule has 1 aliphatic carbocycles. The Labute approximate surface area is 88.4 Å². The van der Waals surface area contributed by atoms with E-state index in [1.165, 1.54) is 32.1 Å². The molecule has 0 aromatic carbocycles. The minimum Gasteiger partial charge on any atom is -0.299 e. The minimum atomic E-state index is 0.321. The lowest BCUT2D eigenvalue weighted by Gasteiger charge is -2.26. The third-order valence-corrected chi connectivity index (χ3v) is 3.75. The van der Waals surface area contributed by atoms with Crippen molar-refractivity contribution in [2.75, 3.05) is 4.43 Å². The van der Waals surface area contributed by atoms with E-state index >= 15 is 0 Å². The Hall–Kier alpha value is 0.400. The molecule has 0 amide bonds. The summed E-state index contributed by atoms with van der Waals surface area (Å²) in [5.41, 5.74) is 0. The molecule has 1 unspecified atom stereocenters. The van der Waals surface area contributed by atoms with Crippen LogP contribution in [0.25, 0.3) is 0 Å². The average Bonchev–Trinajstić information content (AvgIpc) is 2.17. The van der Waals surface area contributed by atoms with E-state index < -0.39 is 0 Å². The first-order chi connectivity index (χ1) is 5.75. The molecule has 0 N–H and O–H groups in total. The number of hydrogen-bond donors (Lipinski definition) is 0. The summed E-state index contributed by atoms with van der Waals surface area (Å²) in [6.45, 7) is 2.11. The van der Waals surface area contributed by atoms with E-state index in [-0.39, 0.29) is 0 Å². The van der Waals surface area contributed by atoms with Crippen molar-refractivity contribution in [2.45, 2.75) is 39.0 Å². The molecule has 70 valence electrons. The van der Waals surface area contributed by atoms with E-state index in [0.717, 1.165) is 0 Å². The highest BCUT2D eigenvalue weighted by Gasteiger charge is 2.24. The maximum absolute atomic E-state index is 11.4. The van der Waals surface area contributed by atoms with E-state index in [4.69, 9.17) is 0 Å². The summed E-state index contributed by atoms with van der Waals surface area (Å²) in [6.07, 6.45) is 6.61. The zero-order valence-electron chi connectivity index (χ0n) is 7.68. The number of ketones is 1. The standard InChI is InChI=1S/C10H17IO/c1-8(10(12)7-11)9-5-3-2-4-6-9/h8-9H,2-7H2,1H3. The van der Waals surface area contributed by atoms with Gasteiger partial charge in [0.15, 0.2) is 0 Å². The van der Waals surface area contributed by atoms with Crippen molar-refractivity contribution in [3.63, 3.8) is 0 Å². The summed E-state index contributed by atoms with van der Waals surface area (Å²) < 4.78 is 0.690. The van der Waals surface area contributed by atoms with Crippen molar-refractivity contribution in [2.24, 2.45) is 11.8 Å². The van der Waals surface area contributed by atoms with E-state index in [9.17, 15) is 4.79 Å². The third-order valence-electron chi connectivity index (χ3n) is 3.00. The van der Waals surface area contributed by atoms with Crippen LogP contribution in [0.15, 0.2) is 0 Å². The summed E-state index contributed by atoms with van der Waals surface area (Å²) in [7, 11) is 0. The van der Waals surface area contributed by atoms with E-state index in [2.05, 4.69) is 29.5 Å². The quantitative estimate of drug-likeness (QED) is 0.573. The zero-order valence-corrected chi connectivity index (χ0v) is 9.84. The second-order valence-electron chi connectivity index (χ2n) is 3.79. The molecule has 1 fully saturated rings. The Bertz CT molecular complexity index is 150. The lowest BCUT2D eigenvalue weighted by atomic mass is 9.79. The Morgan fingerprint density at radius 1 is 1.42 bits per heavy atom. The highest BCUT2D eigenvalue weighted by molar-refractivity contribution is 14.1. The van der Waals surface area contributed by atoms with Crippen LogP contribution in [0.3, 0.4) is 0 Å². The van der Waals surface area contributed by atoms with E-state index in [0.29, 0.717) is 22.0 Å². The largest absolute Gasteiger partial charge is 0.299 e. The molecule has 0 radical (unpaired) electrons. The smallest absolute Gasteiger partial charge is 0.145 e. The molecule has 0 spiro atoms. The molecule has 12 heavy (non-hydrogen) atoms. The van der Waals surface area contributed by atoms with Crippen molar-refractivity contribution >= 4 is 28.4 Å². The predicted octanol–water partition coefficient (Wildman–Crippen LogP) is 3.21. The van der Waals surface area contributed by atoms with Gasteiger partial charge in [0.2, 0.25) is 0 Å². The highest BCUT2D eigenvalue weighted by atomic mass is 127. The third kappa shape index (κ3) is 2.71. The van der Waals surface area contributed by atoms with Crippen molar-refractivity contribution in [1.82, 2.24) is 0 Å². The maximum Gasteiger partial charge on any atom is 0.145 e. The molecule has 2 heteroatoms. The van der Waals surface area contributed by atoms with Crippen LogP contribution in [-0.2, 0) is 4.79 Å². The summed E-state index contributed by atoms with van der Waals surface area (Å²) in [5.74, 6) is 1.46. The van der Waals surface area contributed by atoms with Crippen molar-refractivity contribution in [1.29, 1.82) is 0 Å². The highest BCUT2D eigenvalue weighted by Crippen LogP contribution is 2.30. The number of rotatable bonds is 3. The molecule has 1 saturated carbocycles. The lowest BCUT2D eigenvalue weighted by Crippen LogP contribution is -2.23. The minimum absolute atomic E-state index is 0.321. The van der Waals surface area contributed by atoms with Crippen LogP contribution in [0.5, 0.6) is 0 Å². The normalized spacial score (nSPS) is 22.2. The summed E-state index contributed by atoms with van der Waals surface area (Å²) in [4.78, 5) is 11.4. The first-order valence-electron chi connectivity index (χ1n) is 4.84. The molecule has 1 aliphatic rings. The van der Waals surface area contributed by atoms with E-state index in [1.807, 2.05) is 0 Å². The van der Waals surface area contributed by atoms with Gasteiger partial charge in [-0.2, -0.15) is 0 Å². The topological polar surface area (TPSA) is 17.1 Å². The molecule has 0 saturated heterocycles. The van der Waals surface area contributed by atoms with Crippen molar-refractivity contribution in [3.8, 4) is 0 Å². The molecular formula is C10H17IO. The van der Waals surface area contributed by atoms with Gasteiger partial charge in [0.1, 0.15) is 5.78 Å². The number of hydrogen-bond acceptors (Lipinski definition) is 1. The molecule has 1 nitrogen and oxygen atoms in total. The van der Waals surface area contributed by atoms with Crippen molar-refractivity contribution in [3.05, 3.63) is 0 Å². The number of carbonyl (C=O) groups excluding carboxylic acids is 1. The number of Topliss-reactive ketones (excluding diaryl/α,β-unsaturated/α-hetero) is 1. The molecule has 0 bridgehead atoms. The molecule has 1 rings (SSSR count). The van der Waals surface area contributed by atoms with Gasteiger partial charge in [0.25, 0.3) is 0 Å². The van der Waals surface area contributed by atoms with Gasteiger partial charge < -0.3 is 0 Å². The SMILES string of the molecule is CC(C(=O)CI)C1CCCCC1.